The first kappa shape index (κ1) is 17.9. The molecule has 0 aliphatic carbocycles. The monoisotopic (exact) mass is 358 g/mol. The number of pyridine rings is 2. The van der Waals surface area contributed by atoms with Gasteiger partial charge in [0.1, 0.15) is 12.4 Å². The molecule has 138 valence electrons. The molecule has 0 spiro atoms. The Balaban J connectivity index is 1.42. The van der Waals surface area contributed by atoms with E-state index in [9.17, 15) is 4.39 Å². The number of nitrogens with one attached hydrogen (secondary N) is 2. The summed E-state index contributed by atoms with van der Waals surface area (Å²) in [5.41, 5.74) is 0. The Morgan fingerprint density at radius 2 is 2.27 bits per heavy atom. The van der Waals surface area contributed by atoms with Crippen LogP contribution in [0.2, 0.25) is 0 Å². The van der Waals surface area contributed by atoms with Crippen LogP contribution in [0.4, 0.5) is 10.2 Å². The summed E-state index contributed by atoms with van der Waals surface area (Å²) in [4.78, 5) is 14.3. The standard InChI is InChI=1S/C18H23FN6O/c1-20-18(23-9-11-26-15-4-2-7-21-12-15)24-14-6-10-25(13-14)17-16(19)5-3-8-22-17/h2-5,7-8,12,14H,6,9-11,13H2,1H3,(H2,20,23,24). The molecule has 0 saturated carbocycles. The summed E-state index contributed by atoms with van der Waals surface area (Å²) >= 11 is 0. The number of guanidine groups is 1. The van der Waals surface area contributed by atoms with Gasteiger partial charge in [0, 0.05) is 38.6 Å². The van der Waals surface area contributed by atoms with Crippen molar-refractivity contribution in [3.63, 3.8) is 0 Å². The first-order valence-electron chi connectivity index (χ1n) is 8.61. The minimum Gasteiger partial charge on any atom is -0.490 e. The lowest BCUT2D eigenvalue weighted by atomic mass is 10.3. The summed E-state index contributed by atoms with van der Waals surface area (Å²) in [6.45, 7) is 2.55. The van der Waals surface area contributed by atoms with Crippen LogP contribution < -0.4 is 20.3 Å². The zero-order valence-electron chi connectivity index (χ0n) is 14.7. The van der Waals surface area contributed by atoms with E-state index in [-0.39, 0.29) is 11.9 Å². The molecule has 2 aromatic rings. The molecule has 3 rings (SSSR count). The number of hydrogen-bond acceptors (Lipinski definition) is 5. The molecular formula is C18H23FN6O. The van der Waals surface area contributed by atoms with Crippen LogP contribution in [-0.2, 0) is 0 Å². The number of rotatable bonds is 6. The first-order chi connectivity index (χ1) is 12.8. The van der Waals surface area contributed by atoms with Crippen molar-refractivity contribution in [2.75, 3.05) is 38.2 Å². The van der Waals surface area contributed by atoms with E-state index in [0.717, 1.165) is 18.7 Å². The SMILES string of the molecule is CN=C(NCCOc1cccnc1)NC1CCN(c2ncccc2F)C1. The van der Waals surface area contributed by atoms with Crippen LogP contribution in [0.5, 0.6) is 5.75 Å². The van der Waals surface area contributed by atoms with Gasteiger partial charge < -0.3 is 20.3 Å². The highest BCUT2D eigenvalue weighted by atomic mass is 19.1. The van der Waals surface area contributed by atoms with Crippen LogP contribution >= 0.6 is 0 Å². The normalized spacial score (nSPS) is 17.2. The van der Waals surface area contributed by atoms with Crippen molar-refractivity contribution in [3.05, 3.63) is 48.7 Å². The molecule has 0 radical (unpaired) electrons. The van der Waals surface area contributed by atoms with Gasteiger partial charge in [-0.2, -0.15) is 0 Å². The minimum absolute atomic E-state index is 0.182. The third-order valence-corrected chi connectivity index (χ3v) is 4.09. The van der Waals surface area contributed by atoms with Gasteiger partial charge in [-0.1, -0.05) is 0 Å². The molecule has 0 bridgehead atoms. The van der Waals surface area contributed by atoms with Crippen molar-refractivity contribution in [2.24, 2.45) is 4.99 Å². The second-order valence-electron chi connectivity index (χ2n) is 5.92. The number of anilines is 1. The maximum atomic E-state index is 13.9. The minimum atomic E-state index is -0.289. The van der Waals surface area contributed by atoms with E-state index in [2.05, 4.69) is 25.6 Å². The zero-order chi connectivity index (χ0) is 18.2. The lowest BCUT2D eigenvalue weighted by Gasteiger charge is -2.20. The fourth-order valence-electron chi connectivity index (χ4n) is 2.84. The number of aliphatic imine (C=N–C) groups is 1. The van der Waals surface area contributed by atoms with E-state index in [4.69, 9.17) is 4.74 Å². The molecule has 1 aliphatic heterocycles. The Morgan fingerprint density at radius 3 is 3.04 bits per heavy atom. The topological polar surface area (TPSA) is 74.7 Å². The number of aromatic nitrogens is 2. The lowest BCUT2D eigenvalue weighted by molar-refractivity contribution is 0.320. The highest BCUT2D eigenvalue weighted by molar-refractivity contribution is 5.80. The van der Waals surface area contributed by atoms with E-state index in [1.54, 1.807) is 31.7 Å². The summed E-state index contributed by atoms with van der Waals surface area (Å²) in [6.07, 6.45) is 5.89. The van der Waals surface area contributed by atoms with Crippen molar-refractivity contribution >= 4 is 11.8 Å². The Labute approximate surface area is 152 Å². The van der Waals surface area contributed by atoms with Crippen LogP contribution in [0.25, 0.3) is 0 Å². The number of nitrogens with zero attached hydrogens (tertiary/aromatic N) is 4. The lowest BCUT2D eigenvalue weighted by Crippen LogP contribution is -2.45. The maximum absolute atomic E-state index is 13.9. The molecule has 0 amide bonds. The van der Waals surface area contributed by atoms with Crippen LogP contribution in [0.1, 0.15) is 6.42 Å². The summed E-state index contributed by atoms with van der Waals surface area (Å²) in [6, 6.07) is 6.92. The number of ether oxygens (including phenoxy) is 1. The zero-order valence-corrected chi connectivity index (χ0v) is 14.7. The fourth-order valence-corrected chi connectivity index (χ4v) is 2.84. The smallest absolute Gasteiger partial charge is 0.191 e. The number of halogens is 1. The van der Waals surface area contributed by atoms with Gasteiger partial charge in [-0.3, -0.25) is 9.98 Å². The van der Waals surface area contributed by atoms with Crippen molar-refractivity contribution in [2.45, 2.75) is 12.5 Å². The molecule has 2 aromatic heterocycles. The van der Waals surface area contributed by atoms with E-state index >= 15 is 0 Å². The Morgan fingerprint density at radius 1 is 1.38 bits per heavy atom. The van der Waals surface area contributed by atoms with Crippen molar-refractivity contribution in [3.8, 4) is 5.75 Å². The number of hydrogen-bond donors (Lipinski definition) is 2. The van der Waals surface area contributed by atoms with Crippen molar-refractivity contribution in [1.82, 2.24) is 20.6 Å². The van der Waals surface area contributed by atoms with E-state index in [0.29, 0.717) is 31.5 Å². The van der Waals surface area contributed by atoms with Crippen LogP contribution in [-0.4, -0.2) is 55.3 Å². The summed E-state index contributed by atoms with van der Waals surface area (Å²) in [5.74, 6) is 1.56. The fraction of sp³-hybridized carbons (Fsp3) is 0.389. The molecular weight excluding hydrogens is 335 g/mol. The molecule has 1 saturated heterocycles. The highest BCUT2D eigenvalue weighted by Gasteiger charge is 2.25. The van der Waals surface area contributed by atoms with E-state index < -0.39 is 0 Å². The highest BCUT2D eigenvalue weighted by Crippen LogP contribution is 2.20. The van der Waals surface area contributed by atoms with Crippen LogP contribution in [0.15, 0.2) is 47.8 Å². The van der Waals surface area contributed by atoms with Gasteiger partial charge >= 0.3 is 0 Å². The second-order valence-corrected chi connectivity index (χ2v) is 5.92. The molecule has 8 heteroatoms. The van der Waals surface area contributed by atoms with Gasteiger partial charge in [0.2, 0.25) is 0 Å². The van der Waals surface area contributed by atoms with Crippen LogP contribution in [0.3, 0.4) is 0 Å². The Kier molecular flexibility index (Phi) is 6.19. The molecule has 1 aliphatic rings. The summed E-state index contributed by atoms with van der Waals surface area (Å²) < 4.78 is 19.5. The Hall–Kier alpha value is -2.90. The summed E-state index contributed by atoms with van der Waals surface area (Å²) in [5, 5.41) is 6.58. The quantitative estimate of drug-likeness (QED) is 0.462. The molecule has 0 aromatic carbocycles. The largest absolute Gasteiger partial charge is 0.490 e. The average Bonchev–Trinajstić information content (AvgIpc) is 3.13. The molecule has 1 fully saturated rings. The molecule has 2 N–H and O–H groups in total. The van der Waals surface area contributed by atoms with Gasteiger partial charge in [-0.25, -0.2) is 9.37 Å². The Bertz CT molecular complexity index is 727. The van der Waals surface area contributed by atoms with E-state index in [1.807, 2.05) is 17.0 Å². The maximum Gasteiger partial charge on any atom is 0.191 e. The first-order valence-corrected chi connectivity index (χ1v) is 8.61. The van der Waals surface area contributed by atoms with Crippen molar-refractivity contribution in [1.29, 1.82) is 0 Å². The molecule has 1 atom stereocenters. The van der Waals surface area contributed by atoms with Crippen molar-refractivity contribution < 1.29 is 9.13 Å². The predicted molar refractivity (Wildman–Crippen MR) is 99.0 cm³/mol. The predicted octanol–water partition coefficient (Wildman–Crippen LogP) is 1.44. The van der Waals surface area contributed by atoms with Gasteiger partial charge in [-0.15, -0.1) is 0 Å². The average molecular weight is 358 g/mol. The molecule has 3 heterocycles. The molecule has 7 nitrogen and oxygen atoms in total. The summed E-state index contributed by atoms with van der Waals surface area (Å²) in [7, 11) is 1.72. The second kappa shape index (κ2) is 8.98. The van der Waals surface area contributed by atoms with Gasteiger partial charge in [-0.05, 0) is 30.7 Å². The van der Waals surface area contributed by atoms with Gasteiger partial charge in [0.15, 0.2) is 17.6 Å². The third-order valence-electron chi connectivity index (χ3n) is 4.09. The van der Waals surface area contributed by atoms with Gasteiger partial charge in [0.25, 0.3) is 0 Å². The van der Waals surface area contributed by atoms with Crippen LogP contribution in [0, 0.1) is 5.82 Å². The van der Waals surface area contributed by atoms with E-state index in [1.165, 1.54) is 6.07 Å². The van der Waals surface area contributed by atoms with Gasteiger partial charge in [0.05, 0.1) is 12.7 Å². The third kappa shape index (κ3) is 4.81. The molecule has 1 unspecified atom stereocenters. The molecule has 26 heavy (non-hydrogen) atoms.